The molecule has 2 atom stereocenters. The summed E-state index contributed by atoms with van der Waals surface area (Å²) in [7, 11) is 1.49. The zero-order chi connectivity index (χ0) is 15.4. The van der Waals surface area contributed by atoms with Crippen molar-refractivity contribution < 1.29 is 19.6 Å². The fraction of sp³-hybridized carbons (Fsp3) is 0.500. The number of hydrogen-bond acceptors (Lipinski definition) is 5. The molecule has 7 heteroatoms. The number of nitrogens with one attached hydrogen (secondary N) is 1. The first kappa shape index (κ1) is 15.1. The average Bonchev–Trinajstić information content (AvgIpc) is 2.93. The lowest BCUT2D eigenvalue weighted by atomic mass is 9.96. The molecule has 0 bridgehead atoms. The van der Waals surface area contributed by atoms with Crippen LogP contribution in [0.15, 0.2) is 18.2 Å². The van der Waals surface area contributed by atoms with Crippen molar-refractivity contribution in [1.82, 2.24) is 0 Å². The number of aliphatic carboxylic acids is 1. The smallest absolute Gasteiger partial charge is 0.306 e. The van der Waals surface area contributed by atoms with Crippen molar-refractivity contribution >= 4 is 17.3 Å². The molecule has 2 rings (SSSR count). The minimum Gasteiger partial charge on any atom is -0.497 e. The number of benzene rings is 1. The molecule has 114 valence electrons. The maximum Gasteiger partial charge on any atom is 0.306 e. The van der Waals surface area contributed by atoms with Crippen LogP contribution in [0.25, 0.3) is 0 Å². The van der Waals surface area contributed by atoms with Gasteiger partial charge < -0.3 is 15.2 Å². The van der Waals surface area contributed by atoms with Crippen molar-refractivity contribution in [3.05, 3.63) is 28.3 Å². The van der Waals surface area contributed by atoms with Crippen molar-refractivity contribution in [2.75, 3.05) is 19.0 Å². The van der Waals surface area contributed by atoms with Crippen molar-refractivity contribution in [3.8, 4) is 5.75 Å². The number of rotatable bonds is 6. The van der Waals surface area contributed by atoms with E-state index in [4.69, 9.17) is 9.84 Å². The third kappa shape index (κ3) is 3.42. The van der Waals surface area contributed by atoms with E-state index in [1.807, 2.05) is 0 Å². The van der Waals surface area contributed by atoms with E-state index in [1.54, 1.807) is 6.07 Å². The summed E-state index contributed by atoms with van der Waals surface area (Å²) in [4.78, 5) is 21.7. The first-order valence-electron chi connectivity index (χ1n) is 6.82. The Balaban J connectivity index is 2.11. The second kappa shape index (κ2) is 6.43. The lowest BCUT2D eigenvalue weighted by Gasteiger charge is -2.17. The summed E-state index contributed by atoms with van der Waals surface area (Å²) in [6, 6.07) is 4.46. The van der Waals surface area contributed by atoms with Crippen LogP contribution in [0.3, 0.4) is 0 Å². The van der Waals surface area contributed by atoms with Crippen LogP contribution >= 0.6 is 0 Å². The largest absolute Gasteiger partial charge is 0.497 e. The number of hydrogen-bond donors (Lipinski definition) is 2. The van der Waals surface area contributed by atoms with E-state index in [9.17, 15) is 14.9 Å². The molecular formula is C14H18N2O5. The molecule has 1 aromatic carbocycles. The maximum absolute atomic E-state index is 11.1. The third-order valence-electron chi connectivity index (χ3n) is 3.93. The van der Waals surface area contributed by atoms with Crippen LogP contribution in [0.1, 0.15) is 19.3 Å². The number of nitro benzene ring substituents is 1. The predicted octanol–water partition coefficient (Wildman–Crippen LogP) is 2.52. The van der Waals surface area contributed by atoms with Gasteiger partial charge in [-0.15, -0.1) is 0 Å². The van der Waals surface area contributed by atoms with Gasteiger partial charge in [0.1, 0.15) is 11.4 Å². The number of carboxylic acids is 1. The van der Waals surface area contributed by atoms with E-state index in [-0.39, 0.29) is 17.5 Å². The zero-order valence-corrected chi connectivity index (χ0v) is 11.7. The van der Waals surface area contributed by atoms with Crippen LogP contribution in [-0.2, 0) is 4.79 Å². The van der Waals surface area contributed by atoms with Gasteiger partial charge in [0.2, 0.25) is 0 Å². The van der Waals surface area contributed by atoms with Crippen LogP contribution in [0, 0.1) is 22.0 Å². The topological polar surface area (TPSA) is 102 Å². The summed E-state index contributed by atoms with van der Waals surface area (Å²) in [6.45, 7) is 0.408. The molecule has 2 unspecified atom stereocenters. The van der Waals surface area contributed by atoms with E-state index >= 15 is 0 Å². The van der Waals surface area contributed by atoms with Gasteiger partial charge in [-0.25, -0.2) is 0 Å². The van der Waals surface area contributed by atoms with E-state index in [1.165, 1.54) is 19.2 Å². The molecular weight excluding hydrogens is 276 g/mol. The molecule has 0 spiro atoms. The lowest BCUT2D eigenvalue weighted by molar-refractivity contribution is -0.384. The molecule has 7 nitrogen and oxygen atoms in total. The minimum atomic E-state index is -0.792. The Kier molecular flexibility index (Phi) is 4.62. The molecule has 2 N–H and O–H groups in total. The van der Waals surface area contributed by atoms with E-state index in [0.29, 0.717) is 24.4 Å². The van der Waals surface area contributed by atoms with Crippen molar-refractivity contribution in [2.45, 2.75) is 19.3 Å². The number of anilines is 1. The molecule has 1 saturated carbocycles. The molecule has 1 fully saturated rings. The minimum absolute atomic E-state index is 0.00620. The van der Waals surface area contributed by atoms with Gasteiger partial charge in [-0.2, -0.15) is 0 Å². The molecule has 1 aromatic rings. The highest BCUT2D eigenvalue weighted by Crippen LogP contribution is 2.34. The second-order valence-corrected chi connectivity index (χ2v) is 5.16. The molecule has 21 heavy (non-hydrogen) atoms. The summed E-state index contributed by atoms with van der Waals surface area (Å²) in [5, 5.41) is 23.2. The number of methoxy groups -OCH3 is 1. The molecule has 0 saturated heterocycles. The van der Waals surface area contributed by atoms with Crippen molar-refractivity contribution in [1.29, 1.82) is 0 Å². The van der Waals surface area contributed by atoms with Crippen molar-refractivity contribution in [2.24, 2.45) is 11.8 Å². The number of nitrogens with zero attached hydrogens (tertiary/aromatic N) is 1. The first-order chi connectivity index (χ1) is 10.0. The van der Waals surface area contributed by atoms with Crippen LogP contribution in [-0.4, -0.2) is 29.7 Å². The fourth-order valence-electron chi connectivity index (χ4n) is 2.79. The van der Waals surface area contributed by atoms with Gasteiger partial charge in [0, 0.05) is 18.7 Å². The number of carboxylic acid groups (broad SMARTS) is 1. The number of nitro groups is 1. The first-order valence-corrected chi connectivity index (χ1v) is 6.82. The van der Waals surface area contributed by atoms with Crippen LogP contribution in [0.4, 0.5) is 11.4 Å². The Labute approximate surface area is 122 Å². The Hall–Kier alpha value is -2.31. The lowest BCUT2D eigenvalue weighted by Crippen LogP contribution is -2.24. The Morgan fingerprint density at radius 3 is 2.90 bits per heavy atom. The summed E-state index contributed by atoms with van der Waals surface area (Å²) in [5.74, 6) is -0.654. The summed E-state index contributed by atoms with van der Waals surface area (Å²) in [5.41, 5.74) is 0.316. The fourth-order valence-corrected chi connectivity index (χ4v) is 2.79. The van der Waals surface area contributed by atoms with E-state index in [0.717, 1.165) is 12.8 Å². The highest BCUT2D eigenvalue weighted by Gasteiger charge is 2.32. The molecule has 0 radical (unpaired) electrons. The van der Waals surface area contributed by atoms with Crippen LogP contribution < -0.4 is 10.1 Å². The molecule has 0 heterocycles. The SMILES string of the molecule is COc1ccc([N+](=O)[O-])c(NCC2CCCC2C(=O)O)c1. The maximum atomic E-state index is 11.1. The molecule has 0 aliphatic heterocycles. The van der Waals surface area contributed by atoms with E-state index in [2.05, 4.69) is 5.32 Å². The molecule has 1 aliphatic carbocycles. The Morgan fingerprint density at radius 2 is 2.29 bits per heavy atom. The highest BCUT2D eigenvalue weighted by atomic mass is 16.6. The number of ether oxygens (including phenoxy) is 1. The Morgan fingerprint density at radius 1 is 1.52 bits per heavy atom. The summed E-state index contributed by atoms with van der Waals surface area (Å²) < 4.78 is 5.06. The standard InChI is InChI=1S/C14H18N2O5/c1-21-10-5-6-13(16(19)20)12(7-10)15-8-9-3-2-4-11(9)14(17)18/h5-7,9,11,15H,2-4,8H2,1H3,(H,17,18). The molecule has 0 aromatic heterocycles. The van der Waals surface area contributed by atoms with Gasteiger partial charge in [-0.1, -0.05) is 6.42 Å². The van der Waals surface area contributed by atoms with Gasteiger partial charge in [0.15, 0.2) is 0 Å². The molecule has 0 amide bonds. The van der Waals surface area contributed by atoms with Gasteiger partial charge in [0.25, 0.3) is 5.69 Å². The Bertz CT molecular complexity index is 546. The highest BCUT2D eigenvalue weighted by molar-refractivity contribution is 5.71. The van der Waals surface area contributed by atoms with Crippen molar-refractivity contribution in [3.63, 3.8) is 0 Å². The summed E-state index contributed by atoms with van der Waals surface area (Å²) >= 11 is 0. The third-order valence-corrected chi connectivity index (χ3v) is 3.93. The van der Waals surface area contributed by atoms with Crippen LogP contribution in [0.5, 0.6) is 5.75 Å². The van der Waals surface area contributed by atoms with Gasteiger partial charge in [0.05, 0.1) is 18.0 Å². The summed E-state index contributed by atoms with van der Waals surface area (Å²) in [6.07, 6.45) is 2.37. The van der Waals surface area contributed by atoms with Crippen LogP contribution in [0.2, 0.25) is 0 Å². The predicted molar refractivity (Wildman–Crippen MR) is 76.6 cm³/mol. The quantitative estimate of drug-likeness (QED) is 0.617. The van der Waals surface area contributed by atoms with Gasteiger partial charge >= 0.3 is 5.97 Å². The number of carbonyl (C=O) groups is 1. The van der Waals surface area contributed by atoms with Gasteiger partial charge in [-0.05, 0) is 24.8 Å². The van der Waals surface area contributed by atoms with E-state index < -0.39 is 10.9 Å². The molecule has 1 aliphatic rings. The average molecular weight is 294 g/mol. The second-order valence-electron chi connectivity index (χ2n) is 5.16. The monoisotopic (exact) mass is 294 g/mol. The zero-order valence-electron chi connectivity index (χ0n) is 11.7. The normalized spacial score (nSPS) is 21.0. The van der Waals surface area contributed by atoms with Gasteiger partial charge in [-0.3, -0.25) is 14.9 Å².